The van der Waals surface area contributed by atoms with Crippen molar-refractivity contribution < 1.29 is 14.9 Å². The number of hydrogen-bond acceptors (Lipinski definition) is 3. The lowest BCUT2D eigenvalue weighted by molar-refractivity contribution is -0.0532. The second-order valence-electron chi connectivity index (χ2n) is 7.32. The maximum Gasteiger partial charge on any atom is 0.0831 e. The molecule has 1 fully saturated rings. The number of aliphatic hydroxyl groups is 2. The summed E-state index contributed by atoms with van der Waals surface area (Å²) in [7, 11) is 1.72. The molecule has 2 aliphatic carbocycles. The van der Waals surface area contributed by atoms with Crippen LogP contribution >= 0.6 is 0 Å². The van der Waals surface area contributed by atoms with E-state index in [0.29, 0.717) is 6.42 Å². The lowest BCUT2D eigenvalue weighted by Crippen LogP contribution is -2.41. The van der Waals surface area contributed by atoms with E-state index in [0.717, 1.165) is 19.3 Å². The van der Waals surface area contributed by atoms with Crippen molar-refractivity contribution in [2.45, 2.75) is 70.2 Å². The molecule has 2 N–H and O–H groups in total. The SMILES string of the molecule is COC(C)(C)C1=CC[C@@](C)(O)[C@H]2CC[C@](C)(O)[C@H]2C1. The third-order valence-corrected chi connectivity index (χ3v) is 5.53. The van der Waals surface area contributed by atoms with Gasteiger partial charge in [0.15, 0.2) is 0 Å². The van der Waals surface area contributed by atoms with Gasteiger partial charge in [0.05, 0.1) is 16.8 Å². The number of methoxy groups -OCH3 is 1. The summed E-state index contributed by atoms with van der Waals surface area (Å²) in [6.45, 7) is 7.93. The molecule has 0 radical (unpaired) electrons. The molecule has 110 valence electrons. The van der Waals surface area contributed by atoms with Crippen LogP contribution in [0.4, 0.5) is 0 Å². The van der Waals surface area contributed by atoms with Gasteiger partial charge < -0.3 is 14.9 Å². The number of ether oxygens (including phenoxy) is 1. The van der Waals surface area contributed by atoms with Gasteiger partial charge in [0.25, 0.3) is 0 Å². The van der Waals surface area contributed by atoms with E-state index in [9.17, 15) is 10.2 Å². The summed E-state index contributed by atoms with van der Waals surface area (Å²) < 4.78 is 5.59. The van der Waals surface area contributed by atoms with Gasteiger partial charge in [-0.15, -0.1) is 0 Å². The Morgan fingerprint density at radius 3 is 2.42 bits per heavy atom. The van der Waals surface area contributed by atoms with Crippen LogP contribution in [0.5, 0.6) is 0 Å². The smallest absolute Gasteiger partial charge is 0.0831 e. The maximum atomic E-state index is 10.7. The summed E-state index contributed by atoms with van der Waals surface area (Å²) in [5, 5.41) is 21.3. The van der Waals surface area contributed by atoms with Gasteiger partial charge in [-0.1, -0.05) is 6.08 Å². The van der Waals surface area contributed by atoms with Crippen LogP contribution in [0.1, 0.15) is 53.4 Å². The van der Waals surface area contributed by atoms with E-state index in [1.54, 1.807) is 7.11 Å². The van der Waals surface area contributed by atoms with Crippen LogP contribution in [0.15, 0.2) is 11.6 Å². The van der Waals surface area contributed by atoms with Gasteiger partial charge in [-0.3, -0.25) is 0 Å². The van der Waals surface area contributed by atoms with Crippen LogP contribution < -0.4 is 0 Å². The predicted octanol–water partition coefficient (Wildman–Crippen LogP) is 2.66. The van der Waals surface area contributed by atoms with Crippen molar-refractivity contribution >= 4 is 0 Å². The average molecular weight is 268 g/mol. The fourth-order valence-corrected chi connectivity index (χ4v) is 3.80. The highest BCUT2D eigenvalue weighted by atomic mass is 16.5. The fraction of sp³-hybridized carbons (Fsp3) is 0.875. The standard InChI is InChI=1S/C16H28O3/c1-14(2,19-5)11-6-8-15(3,17)12-7-9-16(4,18)13(12)10-11/h6,12-13,17-18H,7-10H2,1-5H3/t12-,13-,15+,16-/m0/s1. The van der Waals surface area contributed by atoms with Crippen molar-refractivity contribution in [3.63, 3.8) is 0 Å². The van der Waals surface area contributed by atoms with Gasteiger partial charge in [0.2, 0.25) is 0 Å². The van der Waals surface area contributed by atoms with Gasteiger partial charge in [0, 0.05) is 7.11 Å². The molecule has 3 nitrogen and oxygen atoms in total. The Kier molecular flexibility index (Phi) is 3.62. The summed E-state index contributed by atoms with van der Waals surface area (Å²) >= 11 is 0. The minimum Gasteiger partial charge on any atom is -0.390 e. The molecule has 0 spiro atoms. The van der Waals surface area contributed by atoms with Crippen LogP contribution in [0.2, 0.25) is 0 Å². The third kappa shape index (κ3) is 2.61. The Morgan fingerprint density at radius 2 is 1.84 bits per heavy atom. The third-order valence-electron chi connectivity index (χ3n) is 5.53. The molecule has 0 aromatic heterocycles. The molecule has 2 aliphatic rings. The second-order valence-corrected chi connectivity index (χ2v) is 7.32. The van der Waals surface area contributed by atoms with Gasteiger partial charge >= 0.3 is 0 Å². The molecular formula is C16H28O3. The summed E-state index contributed by atoms with van der Waals surface area (Å²) in [5.41, 5.74) is -0.535. The first-order chi connectivity index (χ1) is 8.60. The maximum absolute atomic E-state index is 10.7. The molecule has 0 amide bonds. The normalized spacial score (nSPS) is 43.6. The fourth-order valence-electron chi connectivity index (χ4n) is 3.80. The van der Waals surface area contributed by atoms with E-state index in [4.69, 9.17) is 4.74 Å². The summed E-state index contributed by atoms with van der Waals surface area (Å²) in [5.74, 6) is 0.287. The molecular weight excluding hydrogens is 240 g/mol. The minimum atomic E-state index is -0.725. The molecule has 1 saturated carbocycles. The first-order valence-corrected chi connectivity index (χ1v) is 7.29. The first-order valence-electron chi connectivity index (χ1n) is 7.29. The Hall–Kier alpha value is -0.380. The van der Waals surface area contributed by atoms with Crippen molar-refractivity contribution in [2.24, 2.45) is 11.8 Å². The van der Waals surface area contributed by atoms with Crippen LogP contribution in [0.25, 0.3) is 0 Å². The molecule has 0 heterocycles. The predicted molar refractivity (Wildman–Crippen MR) is 75.9 cm³/mol. The molecule has 4 atom stereocenters. The van der Waals surface area contributed by atoms with E-state index in [2.05, 4.69) is 19.9 Å². The summed E-state index contributed by atoms with van der Waals surface area (Å²) in [4.78, 5) is 0. The summed E-state index contributed by atoms with van der Waals surface area (Å²) in [6, 6.07) is 0. The lowest BCUT2D eigenvalue weighted by atomic mass is 9.75. The van der Waals surface area contributed by atoms with E-state index < -0.39 is 11.2 Å². The molecule has 3 heteroatoms. The van der Waals surface area contributed by atoms with E-state index in [1.807, 2.05) is 13.8 Å². The second kappa shape index (κ2) is 4.57. The quantitative estimate of drug-likeness (QED) is 0.757. The van der Waals surface area contributed by atoms with Gasteiger partial charge in [-0.05, 0) is 70.8 Å². The highest BCUT2D eigenvalue weighted by molar-refractivity contribution is 5.22. The zero-order valence-corrected chi connectivity index (χ0v) is 12.9. The first kappa shape index (κ1) is 15.0. The Balaban J connectivity index is 2.36. The van der Waals surface area contributed by atoms with Crippen molar-refractivity contribution in [2.75, 3.05) is 7.11 Å². The zero-order valence-electron chi connectivity index (χ0n) is 12.9. The van der Waals surface area contributed by atoms with Crippen molar-refractivity contribution in [1.29, 1.82) is 0 Å². The monoisotopic (exact) mass is 268 g/mol. The Bertz CT molecular complexity index is 379. The molecule has 19 heavy (non-hydrogen) atoms. The largest absolute Gasteiger partial charge is 0.390 e. The molecule has 0 aliphatic heterocycles. The molecule has 0 aromatic carbocycles. The van der Waals surface area contributed by atoms with Crippen LogP contribution in [-0.2, 0) is 4.74 Å². The van der Waals surface area contributed by atoms with Crippen LogP contribution in [0, 0.1) is 11.8 Å². The Labute approximate surface area is 116 Å². The average Bonchev–Trinajstić information content (AvgIpc) is 2.51. The van der Waals surface area contributed by atoms with Crippen LogP contribution in [0.3, 0.4) is 0 Å². The van der Waals surface area contributed by atoms with Gasteiger partial charge in [-0.2, -0.15) is 0 Å². The molecule has 0 saturated heterocycles. The van der Waals surface area contributed by atoms with Gasteiger partial charge in [-0.25, -0.2) is 0 Å². The highest BCUT2D eigenvalue weighted by Crippen LogP contribution is 2.51. The molecule has 2 rings (SSSR count). The van der Waals surface area contributed by atoms with Crippen molar-refractivity contribution in [3.05, 3.63) is 11.6 Å². The Morgan fingerprint density at radius 1 is 1.21 bits per heavy atom. The number of rotatable bonds is 2. The van der Waals surface area contributed by atoms with Gasteiger partial charge in [0.1, 0.15) is 0 Å². The summed E-state index contributed by atoms with van der Waals surface area (Å²) in [6.07, 6.45) is 5.26. The van der Waals surface area contributed by atoms with E-state index in [1.165, 1.54) is 5.57 Å². The van der Waals surface area contributed by atoms with E-state index in [-0.39, 0.29) is 17.4 Å². The lowest BCUT2D eigenvalue weighted by Gasteiger charge is -2.36. The minimum absolute atomic E-state index is 0.116. The molecule has 0 unspecified atom stereocenters. The highest BCUT2D eigenvalue weighted by Gasteiger charge is 2.52. The molecule has 0 aromatic rings. The number of fused-ring (bicyclic) bond motifs is 1. The van der Waals surface area contributed by atoms with E-state index >= 15 is 0 Å². The zero-order chi connectivity index (χ0) is 14.5. The van der Waals surface area contributed by atoms with Crippen molar-refractivity contribution in [1.82, 2.24) is 0 Å². The van der Waals surface area contributed by atoms with Crippen LogP contribution in [-0.4, -0.2) is 34.1 Å². The number of hydrogen-bond donors (Lipinski definition) is 2. The van der Waals surface area contributed by atoms with Crippen molar-refractivity contribution in [3.8, 4) is 0 Å². The topological polar surface area (TPSA) is 49.7 Å². The molecule has 0 bridgehead atoms.